The molecule has 6 N–H and O–H groups in total. The molecule has 4 saturated heterocycles. The maximum Gasteiger partial charge on any atom is 0.309 e. The summed E-state index contributed by atoms with van der Waals surface area (Å²) in [6, 6.07) is 4.69. The summed E-state index contributed by atoms with van der Waals surface area (Å²) >= 11 is 0. The third-order valence-electron chi connectivity index (χ3n) is 17.7. The molecule has 0 radical (unpaired) electrons. The number of benzene rings is 1. The number of aliphatic hydroxyl groups is 5. The van der Waals surface area contributed by atoms with E-state index in [1.165, 1.54) is 30.7 Å². The molecule has 1 aromatic carbocycles. The molecule has 4 fully saturated rings. The summed E-state index contributed by atoms with van der Waals surface area (Å²) in [5.41, 5.74) is -2.99. The number of halogens is 1. The average Bonchev–Trinajstić information content (AvgIpc) is 3.91. The van der Waals surface area contributed by atoms with Crippen molar-refractivity contribution >= 4 is 17.8 Å². The Morgan fingerprint density at radius 3 is 2.29 bits per heavy atom. The summed E-state index contributed by atoms with van der Waals surface area (Å²) in [6.45, 7) is 18.4. The Bertz CT molecular complexity index is 2280. The third kappa shape index (κ3) is 14.1. The summed E-state index contributed by atoms with van der Waals surface area (Å²) in [5.74, 6) is -3.84. The van der Waals surface area contributed by atoms with Gasteiger partial charge < -0.3 is 74.0 Å². The Morgan fingerprint density at radius 2 is 1.68 bits per heavy atom. The van der Waals surface area contributed by atoms with E-state index in [4.69, 9.17) is 28.4 Å². The first-order valence-electron chi connectivity index (χ1n) is 27.9. The van der Waals surface area contributed by atoms with Crippen LogP contribution in [0.3, 0.4) is 0 Å². The van der Waals surface area contributed by atoms with Gasteiger partial charge in [-0.2, -0.15) is 0 Å². The van der Waals surface area contributed by atoms with Crippen LogP contribution in [0.4, 0.5) is 4.39 Å². The molecule has 4 aliphatic heterocycles. The molecule has 5 heterocycles. The van der Waals surface area contributed by atoms with Gasteiger partial charge in [-0.1, -0.05) is 45.0 Å². The molecule has 1 unspecified atom stereocenters. The van der Waals surface area contributed by atoms with Gasteiger partial charge in [-0.15, -0.1) is 5.10 Å². The predicted molar refractivity (Wildman–Crippen MR) is 286 cm³/mol. The van der Waals surface area contributed by atoms with E-state index in [0.717, 1.165) is 0 Å². The zero-order valence-corrected chi connectivity index (χ0v) is 48.5. The second-order valence-electron chi connectivity index (χ2n) is 23.8. The number of aromatic nitrogens is 3. The fourth-order valence-electron chi connectivity index (χ4n) is 12.9. The molecule has 20 atom stereocenters. The van der Waals surface area contributed by atoms with Crippen LogP contribution < -0.4 is 5.32 Å². The fraction of sp³-hybridized carbons (Fsp3) is 0.804. The molecule has 22 heteroatoms. The molecule has 0 aliphatic carbocycles. The number of nitrogens with one attached hydrogen (secondary N) is 1. The highest BCUT2D eigenvalue weighted by Gasteiger charge is 2.55. The number of rotatable bonds is 15. The molecule has 78 heavy (non-hydrogen) atoms. The number of ether oxygens (including phenoxy) is 6. The predicted octanol–water partition coefficient (Wildman–Crippen LogP) is 2.85. The van der Waals surface area contributed by atoms with Gasteiger partial charge >= 0.3 is 5.97 Å². The molecule has 21 nitrogen and oxygen atoms in total. The molecule has 2 aromatic rings. The lowest BCUT2D eigenvalue weighted by Crippen LogP contribution is -2.62. The lowest BCUT2D eigenvalue weighted by atomic mass is 9.68. The number of amides is 2. The van der Waals surface area contributed by atoms with Crippen molar-refractivity contribution in [1.82, 2.24) is 35.0 Å². The number of cyclic esters (lactones) is 1. The number of esters is 1. The number of alkyl halides is 1. The number of hydrogen-bond donors (Lipinski definition) is 6. The molecule has 6 rings (SSSR count). The largest absolute Gasteiger partial charge is 0.459 e. The maximum atomic E-state index is 15.0. The van der Waals surface area contributed by atoms with Gasteiger partial charge in [0, 0.05) is 83.0 Å². The highest BCUT2D eigenvalue weighted by molar-refractivity contribution is 5.97. The highest BCUT2D eigenvalue weighted by atomic mass is 19.1. The first-order chi connectivity index (χ1) is 36.6. The smallest absolute Gasteiger partial charge is 0.309 e. The summed E-state index contributed by atoms with van der Waals surface area (Å²) in [7, 11) is 6.69. The standard InChI is InChI=1S/C56H92FN7O14/c1-15-43-56(10,72)48(67)35(6)62(12)28-31(2)25-54(8,71)50(33(4)45(34(5)52(70)77-43)42-26-55(9,74-14)49(68)36(7)76-42)78-53-46(66)40(24-32(3)75-53)61(11)22-20-39-29-64(60-59-39)41(27-57)47(73-13)37-16-18-38(19-17-37)51(69)63-23-21-58-44(65)30-63/h16-19,29,31-36,40-43,45-50,53,66-68,71-72H,15,20-28,30H2,1-14H3,(H,58,65)/t31-,32-,33+,34-,35-,36+,40+,41-,42?,43-,45+,46-,47-,48-,49+,50-,53+,54-,55-,56-/m1/s1. The van der Waals surface area contributed by atoms with Crippen molar-refractivity contribution in [3.8, 4) is 0 Å². The first kappa shape index (κ1) is 63.4. The Labute approximate surface area is 460 Å². The number of hydrogen-bond acceptors (Lipinski definition) is 18. The number of carbonyl (C=O) groups is 3. The molecule has 4 aliphatic rings. The third-order valence-corrected chi connectivity index (χ3v) is 17.7. The number of aliphatic hydroxyl groups excluding tert-OH is 3. The van der Waals surface area contributed by atoms with Crippen LogP contribution in [-0.2, 0) is 44.4 Å². The van der Waals surface area contributed by atoms with Crippen LogP contribution in [0.2, 0.25) is 0 Å². The lowest BCUT2D eigenvalue weighted by Gasteiger charge is -2.51. The van der Waals surface area contributed by atoms with E-state index in [-0.39, 0.29) is 43.5 Å². The average molecular weight is 1110 g/mol. The van der Waals surface area contributed by atoms with Crippen molar-refractivity contribution in [2.45, 2.75) is 197 Å². The Balaban J connectivity index is 1.24. The van der Waals surface area contributed by atoms with Crippen molar-refractivity contribution < 1.29 is 72.7 Å². The van der Waals surface area contributed by atoms with E-state index < -0.39 is 127 Å². The zero-order chi connectivity index (χ0) is 57.8. The van der Waals surface area contributed by atoms with E-state index in [1.807, 2.05) is 44.7 Å². The minimum absolute atomic E-state index is 0.0234. The van der Waals surface area contributed by atoms with Gasteiger partial charge in [0.1, 0.15) is 48.8 Å². The molecule has 0 spiro atoms. The quantitative estimate of drug-likeness (QED) is 0.140. The van der Waals surface area contributed by atoms with Gasteiger partial charge in [-0.25, -0.2) is 9.07 Å². The monoisotopic (exact) mass is 1110 g/mol. The minimum atomic E-state index is -1.84. The van der Waals surface area contributed by atoms with Gasteiger partial charge in [-0.05, 0) is 104 Å². The second-order valence-corrected chi connectivity index (χ2v) is 23.8. The maximum absolute atomic E-state index is 15.0. The van der Waals surface area contributed by atoms with Crippen LogP contribution >= 0.6 is 0 Å². The Morgan fingerprint density at radius 1 is 1.00 bits per heavy atom. The van der Waals surface area contributed by atoms with E-state index in [9.17, 15) is 44.3 Å². The van der Waals surface area contributed by atoms with Crippen LogP contribution in [0.25, 0.3) is 0 Å². The second kappa shape index (κ2) is 26.4. The van der Waals surface area contributed by atoms with E-state index in [2.05, 4.69) is 15.6 Å². The number of carbonyl (C=O) groups excluding carboxylic acids is 3. The van der Waals surface area contributed by atoms with Crippen LogP contribution in [0.5, 0.6) is 0 Å². The van der Waals surface area contributed by atoms with Crippen molar-refractivity contribution in [3.05, 3.63) is 47.3 Å². The molecule has 1 aromatic heterocycles. The topological polar surface area (TPSA) is 260 Å². The molecule has 2 amide bonds. The number of methoxy groups -OCH3 is 2. The molecular weight excluding hydrogens is 1010 g/mol. The van der Waals surface area contributed by atoms with Crippen LogP contribution in [-0.4, -0.2) is 225 Å². The minimum Gasteiger partial charge on any atom is -0.459 e. The van der Waals surface area contributed by atoms with Crippen molar-refractivity contribution in [2.75, 3.05) is 67.7 Å². The fourth-order valence-corrected chi connectivity index (χ4v) is 12.9. The summed E-state index contributed by atoms with van der Waals surface area (Å²) in [4.78, 5) is 45.0. The van der Waals surface area contributed by atoms with Crippen LogP contribution in [0.15, 0.2) is 30.5 Å². The Hall–Kier alpha value is -3.78. The Kier molecular flexibility index (Phi) is 21.5. The molecule has 0 saturated carbocycles. The molecule has 442 valence electrons. The number of nitrogens with zero attached hydrogens (tertiary/aromatic N) is 6. The van der Waals surface area contributed by atoms with Crippen molar-refractivity contribution in [1.29, 1.82) is 0 Å². The number of piperazine rings is 1. The van der Waals surface area contributed by atoms with Crippen LogP contribution in [0.1, 0.15) is 129 Å². The zero-order valence-electron chi connectivity index (χ0n) is 48.5. The summed E-state index contributed by atoms with van der Waals surface area (Å²) < 4.78 is 54.4. The van der Waals surface area contributed by atoms with Gasteiger partial charge in [0.05, 0.1) is 53.8 Å². The van der Waals surface area contributed by atoms with E-state index in [1.54, 1.807) is 72.0 Å². The molecular formula is C56H92FN7O14. The SMILES string of the molecule is CC[C@H]1OC(=O)[C@H](C)[C@@H](C2C[C@@](C)(OC)[C@@H](O)[C@H](C)O2)[C@H](C)[C@@H](O[C@@H]2O[C@H](C)C[C@H](N(C)CCc3cn([C@H](CF)[C@H](OC)c4ccc(C(=O)N5CCNC(=O)C5)cc4)nn3)[C@H]2O)[C@](C)(O)C[C@@H](C)CN(C)[C@H](C)[C@@H](O)[C@]1(C)O. The van der Waals surface area contributed by atoms with Gasteiger partial charge in [0.25, 0.3) is 5.91 Å². The number of likely N-dealkylation sites (N-methyl/N-ethyl adjacent to an activating group) is 2. The van der Waals surface area contributed by atoms with Crippen molar-refractivity contribution in [2.24, 2.45) is 23.7 Å². The van der Waals surface area contributed by atoms with E-state index >= 15 is 0 Å². The van der Waals surface area contributed by atoms with Gasteiger partial charge in [0.2, 0.25) is 5.91 Å². The highest BCUT2D eigenvalue weighted by Crippen LogP contribution is 2.45. The normalized spacial score (nSPS) is 38.9. The summed E-state index contributed by atoms with van der Waals surface area (Å²) in [6.07, 6.45) is -6.72. The lowest BCUT2D eigenvalue weighted by molar-refractivity contribution is -0.302. The van der Waals surface area contributed by atoms with Crippen LogP contribution in [0, 0.1) is 23.7 Å². The van der Waals surface area contributed by atoms with E-state index in [0.29, 0.717) is 55.8 Å². The van der Waals surface area contributed by atoms with Gasteiger partial charge in [-0.3, -0.25) is 14.4 Å². The van der Waals surface area contributed by atoms with Gasteiger partial charge in [0.15, 0.2) is 6.29 Å². The van der Waals surface area contributed by atoms with Crippen molar-refractivity contribution in [3.63, 3.8) is 0 Å². The summed E-state index contributed by atoms with van der Waals surface area (Å²) in [5, 5.41) is 71.7. The first-order valence-corrected chi connectivity index (χ1v) is 27.9. The molecule has 0 bridgehead atoms.